The summed E-state index contributed by atoms with van der Waals surface area (Å²) in [4.78, 5) is 94.2. The number of ketones is 1. The molecule has 13 heteroatoms. The first-order valence-corrected chi connectivity index (χ1v) is 20.8. The van der Waals surface area contributed by atoms with Crippen LogP contribution >= 0.6 is 0 Å². The zero-order valence-electron chi connectivity index (χ0n) is 33.4. The number of nitrogens with one attached hydrogen (secondary N) is 4. The lowest BCUT2D eigenvalue weighted by Gasteiger charge is -2.41. The molecule has 5 aliphatic rings. The molecule has 0 spiro atoms. The van der Waals surface area contributed by atoms with Crippen LogP contribution in [0.3, 0.4) is 0 Å². The summed E-state index contributed by atoms with van der Waals surface area (Å²) in [6.45, 7) is 10.3. The molecule has 4 N–H and O–H groups in total. The van der Waals surface area contributed by atoms with Crippen molar-refractivity contribution in [1.29, 1.82) is 0 Å². The highest BCUT2D eigenvalue weighted by Gasteiger charge is 2.70. The Morgan fingerprint density at radius 3 is 2.25 bits per heavy atom. The number of rotatable bonds is 15. The van der Waals surface area contributed by atoms with Gasteiger partial charge in [-0.1, -0.05) is 89.6 Å². The van der Waals surface area contributed by atoms with Crippen molar-refractivity contribution in [3.8, 4) is 0 Å². The monoisotopic (exact) mass is 779 g/mol. The van der Waals surface area contributed by atoms with Crippen LogP contribution in [0.1, 0.15) is 100 Å². The largest absolute Gasteiger partial charge is 0.346 e. The summed E-state index contributed by atoms with van der Waals surface area (Å²) >= 11 is 0. The molecular weight excluding hydrogens is 723 g/mol. The lowest BCUT2D eigenvalue weighted by atomic mass is 9.70. The summed E-state index contributed by atoms with van der Waals surface area (Å²) in [6, 6.07) is 4.14. The average molecular weight is 780 g/mol. The second-order valence-corrected chi connectivity index (χ2v) is 18.0. The third kappa shape index (κ3) is 8.25. The fourth-order valence-corrected chi connectivity index (χ4v) is 10.2. The van der Waals surface area contributed by atoms with Crippen LogP contribution in [0.25, 0.3) is 0 Å². The first-order valence-electron chi connectivity index (χ1n) is 20.8. The standard InChI is InChI=1S/C44H57N7O6/c1-5-18-47-40(55)36(52)31(21-26-12-11-13-26)48-39(54)35-33-30(43(33,2)3)25-51(35)42(57)34(29-22-27-14-7-8-15-28(27)23-29)49-41(56)37(44(4)16-9-6-10-17-44)50-38(53)32-24-45-19-20-46-32/h5,7-8,14-15,19-20,24,26,29-31,33-35,37H,1,6,9-13,16-18,21-23,25H2,2-4H3,(H,47,55)(H,48,54)(H,49,56)(H,50,53)/t30-,31?,33-,34-,35-,37+/m0/s1. The molecule has 1 saturated heterocycles. The molecule has 6 atom stereocenters. The lowest BCUT2D eigenvalue weighted by Crippen LogP contribution is -2.63. The number of carbonyl (C=O) groups excluding carboxylic acids is 6. The summed E-state index contributed by atoms with van der Waals surface area (Å²) in [7, 11) is 0. The molecule has 4 aliphatic carbocycles. The van der Waals surface area contributed by atoms with Gasteiger partial charge >= 0.3 is 0 Å². The highest BCUT2D eigenvalue weighted by molar-refractivity contribution is 6.38. The zero-order chi connectivity index (χ0) is 40.5. The first kappa shape index (κ1) is 40.3. The number of benzene rings is 1. The van der Waals surface area contributed by atoms with Crippen LogP contribution in [0.2, 0.25) is 0 Å². The van der Waals surface area contributed by atoms with E-state index in [1.54, 1.807) is 4.90 Å². The number of carbonyl (C=O) groups is 6. The van der Waals surface area contributed by atoms with E-state index in [9.17, 15) is 24.0 Å². The molecule has 2 heterocycles. The average Bonchev–Trinajstić information content (AvgIpc) is 3.54. The van der Waals surface area contributed by atoms with Crippen molar-refractivity contribution >= 4 is 35.3 Å². The van der Waals surface area contributed by atoms with E-state index in [0.717, 1.165) is 62.5 Å². The van der Waals surface area contributed by atoms with Crippen molar-refractivity contribution in [1.82, 2.24) is 36.1 Å². The van der Waals surface area contributed by atoms with Crippen LogP contribution in [0.4, 0.5) is 0 Å². The van der Waals surface area contributed by atoms with Gasteiger partial charge in [-0.05, 0) is 77.7 Å². The third-order valence-corrected chi connectivity index (χ3v) is 14.0. The Kier molecular flexibility index (Phi) is 11.7. The molecule has 5 amide bonds. The summed E-state index contributed by atoms with van der Waals surface area (Å²) < 4.78 is 0. The molecular formula is C44H57N7O6. The summed E-state index contributed by atoms with van der Waals surface area (Å²) in [6.07, 6.45) is 14.4. The Labute approximate surface area is 335 Å². The number of likely N-dealkylation sites (tertiary alicyclic amines) is 1. The van der Waals surface area contributed by atoms with E-state index in [-0.39, 0.29) is 47.2 Å². The summed E-state index contributed by atoms with van der Waals surface area (Å²) in [5, 5.41) is 11.7. The molecule has 1 aromatic heterocycles. The molecule has 1 unspecified atom stereocenters. The highest BCUT2D eigenvalue weighted by atomic mass is 16.2. The van der Waals surface area contributed by atoms with Gasteiger partial charge in [-0.15, -0.1) is 6.58 Å². The van der Waals surface area contributed by atoms with Gasteiger partial charge in [-0.3, -0.25) is 33.8 Å². The molecule has 0 radical (unpaired) electrons. The van der Waals surface area contributed by atoms with Gasteiger partial charge in [0.2, 0.25) is 23.5 Å². The van der Waals surface area contributed by atoms with Crippen LogP contribution in [0.5, 0.6) is 0 Å². The minimum Gasteiger partial charge on any atom is -0.346 e. The number of nitrogens with zero attached hydrogens (tertiary/aromatic N) is 3. The van der Waals surface area contributed by atoms with Gasteiger partial charge in [0.1, 0.15) is 23.8 Å². The van der Waals surface area contributed by atoms with Crippen LogP contribution in [0, 0.1) is 34.5 Å². The molecule has 57 heavy (non-hydrogen) atoms. The van der Waals surface area contributed by atoms with Crippen molar-refractivity contribution in [2.75, 3.05) is 13.1 Å². The van der Waals surface area contributed by atoms with Crippen LogP contribution < -0.4 is 21.3 Å². The predicted octanol–water partition coefficient (Wildman–Crippen LogP) is 3.47. The topological polar surface area (TPSA) is 180 Å². The zero-order valence-corrected chi connectivity index (χ0v) is 33.4. The van der Waals surface area contributed by atoms with Gasteiger partial charge in [-0.2, -0.15) is 0 Å². The maximum Gasteiger partial charge on any atom is 0.289 e. The second kappa shape index (κ2) is 16.5. The SMILES string of the molecule is C=CCNC(=O)C(=O)C(CC1CCC1)NC(=O)[C@@H]1[C@@H]2[C@H](CN1C(=O)[C@@H](NC(=O)[C@@H](NC(=O)c1cnccn1)C1(C)CCCCC1)C1Cc3ccccc3C1)C2(C)C. The lowest BCUT2D eigenvalue weighted by molar-refractivity contribution is -0.146. The second-order valence-electron chi connectivity index (χ2n) is 18.0. The number of piperidine rings is 1. The van der Waals surface area contributed by atoms with E-state index >= 15 is 4.79 Å². The van der Waals surface area contributed by atoms with Gasteiger partial charge in [-0.25, -0.2) is 4.98 Å². The summed E-state index contributed by atoms with van der Waals surface area (Å²) in [5.41, 5.74) is 1.50. The van der Waals surface area contributed by atoms with Gasteiger partial charge < -0.3 is 26.2 Å². The van der Waals surface area contributed by atoms with E-state index in [1.165, 1.54) is 24.7 Å². The fourth-order valence-electron chi connectivity index (χ4n) is 10.2. The van der Waals surface area contributed by atoms with E-state index in [0.29, 0.717) is 25.8 Å². The molecule has 3 saturated carbocycles. The Bertz CT molecular complexity index is 1860. The molecule has 1 aliphatic heterocycles. The number of hydrogen-bond donors (Lipinski definition) is 4. The Morgan fingerprint density at radius 1 is 0.930 bits per heavy atom. The van der Waals surface area contributed by atoms with Crippen molar-refractivity contribution < 1.29 is 28.8 Å². The van der Waals surface area contributed by atoms with E-state index in [1.807, 2.05) is 31.2 Å². The molecule has 2 aromatic rings. The maximum absolute atomic E-state index is 15.2. The fraction of sp³-hybridized carbons (Fsp3) is 0.591. The number of aromatic nitrogens is 2. The molecule has 4 fully saturated rings. The maximum atomic E-state index is 15.2. The molecule has 304 valence electrons. The van der Waals surface area contributed by atoms with Gasteiger partial charge in [0, 0.05) is 25.5 Å². The molecule has 1 aromatic carbocycles. The van der Waals surface area contributed by atoms with Crippen molar-refractivity contribution in [3.05, 3.63) is 72.3 Å². The Morgan fingerprint density at radius 2 is 1.63 bits per heavy atom. The Balaban J connectivity index is 1.17. The minimum absolute atomic E-state index is 0.0474. The van der Waals surface area contributed by atoms with E-state index in [2.05, 4.69) is 51.7 Å². The number of Topliss-reactive ketones (excluding diaryl/α,β-unsaturated/α-hetero) is 1. The number of fused-ring (bicyclic) bond motifs is 2. The summed E-state index contributed by atoms with van der Waals surface area (Å²) in [5.74, 6) is -3.47. The van der Waals surface area contributed by atoms with Crippen molar-refractivity contribution in [2.24, 2.45) is 34.5 Å². The molecule has 0 bridgehead atoms. The van der Waals surface area contributed by atoms with E-state index < -0.39 is 59.0 Å². The quantitative estimate of drug-likeness (QED) is 0.157. The van der Waals surface area contributed by atoms with Crippen LogP contribution in [-0.2, 0) is 36.8 Å². The van der Waals surface area contributed by atoms with E-state index in [4.69, 9.17) is 0 Å². The smallest absolute Gasteiger partial charge is 0.289 e. The van der Waals surface area contributed by atoms with Crippen molar-refractivity contribution in [3.63, 3.8) is 0 Å². The highest BCUT2D eigenvalue weighted by Crippen LogP contribution is 2.65. The number of hydrogen-bond acceptors (Lipinski definition) is 8. The van der Waals surface area contributed by atoms with Gasteiger partial charge in [0.25, 0.3) is 11.8 Å². The van der Waals surface area contributed by atoms with Crippen LogP contribution in [0.15, 0.2) is 55.5 Å². The van der Waals surface area contributed by atoms with Gasteiger partial charge in [0.15, 0.2) is 0 Å². The molecule has 13 nitrogen and oxygen atoms in total. The first-order chi connectivity index (χ1) is 27.3. The number of amides is 5. The predicted molar refractivity (Wildman–Crippen MR) is 212 cm³/mol. The Hall–Kier alpha value is -4.94. The molecule has 7 rings (SSSR count). The van der Waals surface area contributed by atoms with Crippen LogP contribution in [-0.4, -0.2) is 87.4 Å². The normalized spacial score (nSPS) is 24.7. The van der Waals surface area contributed by atoms with Gasteiger partial charge in [0.05, 0.1) is 12.2 Å². The van der Waals surface area contributed by atoms with Crippen molar-refractivity contribution in [2.45, 2.75) is 116 Å². The minimum atomic E-state index is -1.03. The third-order valence-electron chi connectivity index (χ3n) is 14.0.